The van der Waals surface area contributed by atoms with Gasteiger partial charge in [-0.15, -0.1) is 0 Å². The van der Waals surface area contributed by atoms with E-state index in [2.05, 4.69) is 23.2 Å². The summed E-state index contributed by atoms with van der Waals surface area (Å²) in [5, 5.41) is 0.933. The van der Waals surface area contributed by atoms with Gasteiger partial charge in [0.1, 0.15) is 17.9 Å². The summed E-state index contributed by atoms with van der Waals surface area (Å²) >= 11 is 0. The second-order valence-corrected chi connectivity index (χ2v) is 9.43. The fraction of sp³-hybridized carbons (Fsp3) is 0.194. The van der Waals surface area contributed by atoms with E-state index in [1.807, 2.05) is 47.0 Å². The molecule has 5 aromatic rings. The van der Waals surface area contributed by atoms with E-state index in [4.69, 9.17) is 19.4 Å². The van der Waals surface area contributed by atoms with Crippen molar-refractivity contribution in [3.8, 4) is 28.3 Å². The minimum Gasteiger partial charge on any atom is -0.495 e. The lowest BCUT2D eigenvalue weighted by Gasteiger charge is -2.35. The Labute approximate surface area is 231 Å². The number of benzene rings is 3. The minimum absolute atomic E-state index is 0.0749. The standard InChI is InChI=1S/C31H28FN5O3/c1-39-27-14-8-6-12-25(27)37-19-23(22-9-3-2-4-10-22)29-30(33-21-34-31(29)37)36-17-15-35(16-18-36)28(38)20-40-26-13-7-5-11-24(26)32/h2-14,19,21H,15-18,20H2,1H3. The third-order valence-corrected chi connectivity index (χ3v) is 7.11. The summed E-state index contributed by atoms with van der Waals surface area (Å²) in [7, 11) is 1.66. The molecule has 0 atom stereocenters. The number of hydrogen-bond donors (Lipinski definition) is 0. The Morgan fingerprint density at radius 1 is 0.875 bits per heavy atom. The molecule has 9 heteroatoms. The van der Waals surface area contributed by atoms with E-state index in [0.717, 1.165) is 39.4 Å². The van der Waals surface area contributed by atoms with Crippen LogP contribution in [0.1, 0.15) is 0 Å². The molecule has 202 valence electrons. The number of fused-ring (bicyclic) bond motifs is 1. The Hall–Kier alpha value is -4.92. The molecule has 0 saturated carbocycles. The predicted octanol–water partition coefficient (Wildman–Crippen LogP) is 4.96. The van der Waals surface area contributed by atoms with Crippen molar-refractivity contribution in [2.45, 2.75) is 0 Å². The quantitative estimate of drug-likeness (QED) is 0.292. The molecule has 0 bridgehead atoms. The number of hydrogen-bond acceptors (Lipinski definition) is 6. The van der Waals surface area contributed by atoms with Gasteiger partial charge in [0, 0.05) is 37.9 Å². The van der Waals surface area contributed by atoms with Crippen LogP contribution in [0.3, 0.4) is 0 Å². The number of piperazine rings is 1. The van der Waals surface area contributed by atoms with Crippen LogP contribution in [-0.2, 0) is 4.79 Å². The molecule has 0 unspecified atom stereocenters. The highest BCUT2D eigenvalue weighted by atomic mass is 19.1. The summed E-state index contributed by atoms with van der Waals surface area (Å²) < 4.78 is 27.0. The molecule has 1 fully saturated rings. The van der Waals surface area contributed by atoms with Crippen LogP contribution < -0.4 is 14.4 Å². The van der Waals surface area contributed by atoms with Gasteiger partial charge in [0.05, 0.1) is 18.2 Å². The Morgan fingerprint density at radius 2 is 1.57 bits per heavy atom. The maximum Gasteiger partial charge on any atom is 0.260 e. The molecule has 2 aromatic heterocycles. The monoisotopic (exact) mass is 537 g/mol. The van der Waals surface area contributed by atoms with E-state index >= 15 is 0 Å². The molecule has 0 spiro atoms. The lowest BCUT2D eigenvalue weighted by Crippen LogP contribution is -2.50. The number of halogens is 1. The number of rotatable bonds is 7. The molecule has 1 aliphatic rings. The lowest BCUT2D eigenvalue weighted by atomic mass is 10.1. The molecule has 3 aromatic carbocycles. The van der Waals surface area contributed by atoms with E-state index in [1.54, 1.807) is 30.5 Å². The van der Waals surface area contributed by atoms with E-state index in [1.165, 1.54) is 12.1 Å². The number of nitrogens with zero attached hydrogens (tertiary/aromatic N) is 5. The zero-order chi connectivity index (χ0) is 27.5. The van der Waals surface area contributed by atoms with Crippen molar-refractivity contribution in [2.24, 2.45) is 0 Å². The number of carbonyl (C=O) groups excluding carboxylic acids is 1. The topological polar surface area (TPSA) is 72.7 Å². The Kier molecular flexibility index (Phi) is 7.01. The van der Waals surface area contributed by atoms with Crippen LogP contribution in [0.25, 0.3) is 27.8 Å². The molecular formula is C31H28FN5O3. The smallest absolute Gasteiger partial charge is 0.260 e. The number of aromatic nitrogens is 3. The zero-order valence-electron chi connectivity index (χ0n) is 22.0. The molecule has 8 nitrogen and oxygen atoms in total. The van der Waals surface area contributed by atoms with E-state index in [9.17, 15) is 9.18 Å². The summed E-state index contributed by atoms with van der Waals surface area (Å²) in [4.78, 5) is 26.2. The second kappa shape index (κ2) is 11.1. The first-order valence-corrected chi connectivity index (χ1v) is 13.1. The van der Waals surface area contributed by atoms with Crippen molar-refractivity contribution in [1.29, 1.82) is 0 Å². The summed E-state index contributed by atoms with van der Waals surface area (Å²) in [5.74, 6) is 0.965. The van der Waals surface area contributed by atoms with Gasteiger partial charge in [0.25, 0.3) is 5.91 Å². The van der Waals surface area contributed by atoms with E-state index in [0.29, 0.717) is 26.2 Å². The highest BCUT2D eigenvalue weighted by Gasteiger charge is 2.26. The number of methoxy groups -OCH3 is 1. The lowest BCUT2D eigenvalue weighted by molar-refractivity contribution is -0.133. The SMILES string of the molecule is COc1ccccc1-n1cc(-c2ccccc2)c2c(N3CCN(C(=O)COc4ccccc4F)CC3)ncnc21. The average Bonchev–Trinajstić information content (AvgIpc) is 3.41. The van der Waals surface area contributed by atoms with Crippen LogP contribution in [0.4, 0.5) is 10.2 Å². The molecule has 0 aliphatic carbocycles. The summed E-state index contributed by atoms with van der Waals surface area (Å²) in [6, 6.07) is 24.1. The molecule has 6 rings (SSSR count). The van der Waals surface area contributed by atoms with Crippen molar-refractivity contribution >= 4 is 22.8 Å². The first kappa shape index (κ1) is 25.4. The zero-order valence-corrected chi connectivity index (χ0v) is 22.0. The van der Waals surface area contributed by atoms with Gasteiger partial charge in [-0.3, -0.25) is 9.36 Å². The van der Waals surface area contributed by atoms with Gasteiger partial charge in [-0.2, -0.15) is 0 Å². The molecule has 3 heterocycles. The number of anilines is 1. The summed E-state index contributed by atoms with van der Waals surface area (Å²) in [5.41, 5.74) is 3.71. The number of carbonyl (C=O) groups is 1. The third kappa shape index (κ3) is 4.82. The van der Waals surface area contributed by atoms with Gasteiger partial charge >= 0.3 is 0 Å². The second-order valence-electron chi connectivity index (χ2n) is 9.43. The summed E-state index contributed by atoms with van der Waals surface area (Å²) in [6.07, 6.45) is 3.66. The normalized spacial score (nSPS) is 13.4. The first-order chi connectivity index (χ1) is 19.6. The van der Waals surface area contributed by atoms with Crippen LogP contribution in [0.15, 0.2) is 91.4 Å². The van der Waals surface area contributed by atoms with Crippen LogP contribution in [0.2, 0.25) is 0 Å². The van der Waals surface area contributed by atoms with Gasteiger partial charge in [-0.25, -0.2) is 14.4 Å². The van der Waals surface area contributed by atoms with E-state index in [-0.39, 0.29) is 18.3 Å². The Bertz CT molecular complexity index is 1650. The molecule has 0 radical (unpaired) electrons. The number of ether oxygens (including phenoxy) is 2. The van der Waals surface area contributed by atoms with Crippen molar-refractivity contribution in [3.63, 3.8) is 0 Å². The highest BCUT2D eigenvalue weighted by Crippen LogP contribution is 2.38. The van der Waals surface area contributed by atoms with Gasteiger partial charge in [0.15, 0.2) is 23.8 Å². The molecule has 1 amide bonds. The first-order valence-electron chi connectivity index (χ1n) is 13.1. The summed E-state index contributed by atoms with van der Waals surface area (Å²) in [6.45, 7) is 1.97. The number of amides is 1. The highest BCUT2D eigenvalue weighted by molar-refractivity contribution is 6.02. The van der Waals surface area contributed by atoms with E-state index < -0.39 is 5.82 Å². The van der Waals surface area contributed by atoms with Crippen molar-refractivity contribution in [2.75, 3.05) is 44.8 Å². The fourth-order valence-corrected chi connectivity index (χ4v) is 5.09. The van der Waals surface area contributed by atoms with Crippen LogP contribution in [0.5, 0.6) is 11.5 Å². The molecule has 1 aliphatic heterocycles. The average molecular weight is 538 g/mol. The van der Waals surface area contributed by atoms with Gasteiger partial charge in [-0.05, 0) is 29.8 Å². The van der Waals surface area contributed by atoms with Crippen LogP contribution >= 0.6 is 0 Å². The van der Waals surface area contributed by atoms with Crippen LogP contribution in [-0.4, -0.2) is 65.2 Å². The van der Waals surface area contributed by atoms with Crippen LogP contribution in [0, 0.1) is 5.82 Å². The molecule has 0 N–H and O–H groups in total. The van der Waals surface area contributed by atoms with Crippen molar-refractivity contribution in [3.05, 3.63) is 97.2 Å². The maximum absolute atomic E-state index is 13.9. The van der Waals surface area contributed by atoms with Crippen molar-refractivity contribution in [1.82, 2.24) is 19.4 Å². The number of para-hydroxylation sites is 3. The maximum atomic E-state index is 13.9. The van der Waals surface area contributed by atoms with Gasteiger partial charge in [0.2, 0.25) is 0 Å². The predicted molar refractivity (Wildman–Crippen MR) is 152 cm³/mol. The Morgan fingerprint density at radius 3 is 2.33 bits per heavy atom. The Balaban J connectivity index is 1.29. The third-order valence-electron chi connectivity index (χ3n) is 7.11. The molecule has 1 saturated heterocycles. The molecular weight excluding hydrogens is 509 g/mol. The van der Waals surface area contributed by atoms with Gasteiger partial charge < -0.3 is 19.3 Å². The largest absolute Gasteiger partial charge is 0.495 e. The van der Waals surface area contributed by atoms with Crippen molar-refractivity contribution < 1.29 is 18.7 Å². The minimum atomic E-state index is -0.484. The molecule has 40 heavy (non-hydrogen) atoms. The van der Waals surface area contributed by atoms with Gasteiger partial charge in [-0.1, -0.05) is 54.6 Å². The fourth-order valence-electron chi connectivity index (χ4n) is 5.09.